The van der Waals surface area contributed by atoms with E-state index in [-0.39, 0.29) is 18.5 Å². The zero-order chi connectivity index (χ0) is 26.6. The summed E-state index contributed by atoms with van der Waals surface area (Å²) in [6.45, 7) is 7.58. The van der Waals surface area contributed by atoms with E-state index in [1.807, 2.05) is 0 Å². The minimum Gasteiger partial charge on any atom is -0.381 e. The monoisotopic (exact) mass is 550 g/mol. The first-order valence-corrected chi connectivity index (χ1v) is 14.7. The number of nitrogens with one attached hydrogen (secondary N) is 2. The fraction of sp³-hybridized carbons (Fsp3) is 0.600. The van der Waals surface area contributed by atoms with E-state index < -0.39 is 21.2 Å². The molecule has 2 aromatic heterocycles. The van der Waals surface area contributed by atoms with Gasteiger partial charge in [-0.25, -0.2) is 22.7 Å². The van der Waals surface area contributed by atoms with E-state index in [1.54, 1.807) is 32.3 Å². The van der Waals surface area contributed by atoms with Gasteiger partial charge in [-0.15, -0.1) is 0 Å². The molecule has 37 heavy (non-hydrogen) atoms. The Balaban J connectivity index is 1.46. The van der Waals surface area contributed by atoms with Gasteiger partial charge in [-0.1, -0.05) is 11.6 Å². The van der Waals surface area contributed by atoms with Crippen LogP contribution in [0.25, 0.3) is 11.3 Å². The number of carbonyl (C=O) groups excluding carboxylic acids is 1. The molecule has 0 bridgehead atoms. The number of aromatic nitrogens is 3. The van der Waals surface area contributed by atoms with Crippen LogP contribution in [0.3, 0.4) is 0 Å². The lowest BCUT2D eigenvalue weighted by Gasteiger charge is -2.32. The van der Waals surface area contributed by atoms with Crippen LogP contribution in [0.15, 0.2) is 24.7 Å². The highest BCUT2D eigenvalue weighted by Gasteiger charge is 2.34. The molecule has 0 aliphatic carbocycles. The van der Waals surface area contributed by atoms with Crippen LogP contribution < -0.4 is 10.6 Å². The van der Waals surface area contributed by atoms with Crippen LogP contribution in [0, 0.1) is 11.8 Å². The van der Waals surface area contributed by atoms with Crippen LogP contribution >= 0.6 is 11.6 Å². The second kappa shape index (κ2) is 12.0. The third kappa shape index (κ3) is 6.76. The van der Waals surface area contributed by atoms with Crippen molar-refractivity contribution in [1.82, 2.24) is 19.3 Å². The first-order chi connectivity index (χ1) is 17.6. The smallest absolute Gasteiger partial charge is 0.229 e. The number of carbonyl (C=O) groups is 1. The fourth-order valence-corrected chi connectivity index (χ4v) is 6.32. The van der Waals surface area contributed by atoms with Gasteiger partial charge in [0.05, 0.1) is 34.3 Å². The molecule has 2 atom stereocenters. The van der Waals surface area contributed by atoms with E-state index in [9.17, 15) is 13.2 Å². The summed E-state index contributed by atoms with van der Waals surface area (Å²) in [7, 11) is -3.41. The molecular weight excluding hydrogens is 516 g/mol. The number of amides is 1. The van der Waals surface area contributed by atoms with Crippen molar-refractivity contribution in [3.8, 4) is 11.3 Å². The molecule has 1 amide bonds. The third-order valence-corrected chi connectivity index (χ3v) is 9.62. The molecule has 2 aromatic rings. The maximum atomic E-state index is 13.0. The lowest BCUT2D eigenvalue weighted by atomic mass is 9.93. The van der Waals surface area contributed by atoms with Crippen molar-refractivity contribution in [2.75, 3.05) is 36.9 Å². The van der Waals surface area contributed by atoms with Gasteiger partial charge in [-0.05, 0) is 58.4 Å². The summed E-state index contributed by atoms with van der Waals surface area (Å²) in [5.41, 5.74) is 1.15. The predicted octanol–water partition coefficient (Wildman–Crippen LogP) is 3.81. The Morgan fingerprint density at radius 3 is 2.62 bits per heavy atom. The van der Waals surface area contributed by atoms with E-state index in [1.165, 1.54) is 10.5 Å². The van der Waals surface area contributed by atoms with Gasteiger partial charge in [-0.2, -0.15) is 0 Å². The van der Waals surface area contributed by atoms with E-state index >= 15 is 0 Å². The minimum absolute atomic E-state index is 0.164. The summed E-state index contributed by atoms with van der Waals surface area (Å²) >= 11 is 6.44. The molecule has 0 saturated carbocycles. The lowest BCUT2D eigenvalue weighted by Crippen LogP contribution is -2.46. The maximum Gasteiger partial charge on any atom is 0.229 e. The second-order valence-corrected chi connectivity index (χ2v) is 12.9. The summed E-state index contributed by atoms with van der Waals surface area (Å²) < 4.78 is 32.0. The molecule has 2 N–H and O–H groups in total. The fourth-order valence-electron chi connectivity index (χ4n) is 4.75. The number of rotatable bonds is 8. The average Bonchev–Trinajstić information content (AvgIpc) is 2.90. The van der Waals surface area contributed by atoms with Gasteiger partial charge < -0.3 is 15.4 Å². The molecule has 2 fully saturated rings. The zero-order valence-corrected chi connectivity index (χ0v) is 23.1. The summed E-state index contributed by atoms with van der Waals surface area (Å²) in [6, 6.07) is 1.88. The van der Waals surface area contributed by atoms with Gasteiger partial charge >= 0.3 is 0 Å². The predicted molar refractivity (Wildman–Crippen MR) is 144 cm³/mol. The van der Waals surface area contributed by atoms with Gasteiger partial charge in [-0.3, -0.25) is 9.78 Å². The van der Waals surface area contributed by atoms with Crippen LogP contribution in [0.5, 0.6) is 0 Å². The number of piperidine rings is 1. The zero-order valence-electron chi connectivity index (χ0n) is 21.5. The van der Waals surface area contributed by atoms with Gasteiger partial charge in [0, 0.05) is 44.1 Å². The number of hydrogen-bond donors (Lipinski definition) is 2. The van der Waals surface area contributed by atoms with E-state index in [0.717, 1.165) is 26.1 Å². The molecule has 2 saturated heterocycles. The quantitative estimate of drug-likeness (QED) is 0.508. The van der Waals surface area contributed by atoms with Gasteiger partial charge in [0.1, 0.15) is 11.6 Å². The Labute approximate surface area is 223 Å². The summed E-state index contributed by atoms with van der Waals surface area (Å²) in [5, 5.41) is 6.13. The standard InChI is InChI=1S/C25H35ClN6O4S/c1-16(2)37(34,35)32-8-4-5-19(15-32)25(33)31-23-11-20(21(26)12-28-23)22-13-27-14-24(30-22)29-17(3)18-6-9-36-10-7-18/h11-14,16-19H,4-10,15H2,1-3H3,(H,29,30)(H,28,31,33). The number of nitrogens with zero attached hydrogens (tertiary/aromatic N) is 4. The second-order valence-electron chi connectivity index (χ2n) is 10.0. The normalized spacial score (nSPS) is 20.5. The van der Waals surface area contributed by atoms with Crippen LogP contribution in [0.1, 0.15) is 46.5 Å². The van der Waals surface area contributed by atoms with Crippen molar-refractivity contribution < 1.29 is 17.9 Å². The van der Waals surface area contributed by atoms with Crippen molar-refractivity contribution in [1.29, 1.82) is 0 Å². The first kappa shape index (κ1) is 27.7. The van der Waals surface area contributed by atoms with Gasteiger partial charge in [0.25, 0.3) is 0 Å². The first-order valence-electron chi connectivity index (χ1n) is 12.8. The minimum atomic E-state index is -3.41. The number of hydrogen-bond acceptors (Lipinski definition) is 8. The topological polar surface area (TPSA) is 126 Å². The van der Waals surface area contributed by atoms with Crippen LogP contribution in [-0.2, 0) is 19.6 Å². The van der Waals surface area contributed by atoms with Crippen molar-refractivity contribution >= 4 is 39.2 Å². The van der Waals surface area contributed by atoms with E-state index in [4.69, 9.17) is 21.3 Å². The average molecular weight is 551 g/mol. The van der Waals surface area contributed by atoms with Crippen LogP contribution in [0.2, 0.25) is 5.02 Å². The highest BCUT2D eigenvalue weighted by molar-refractivity contribution is 7.89. The highest BCUT2D eigenvalue weighted by atomic mass is 35.5. The van der Waals surface area contributed by atoms with Gasteiger partial charge in [0.2, 0.25) is 15.9 Å². The summed E-state index contributed by atoms with van der Waals surface area (Å²) in [5.74, 6) is 0.739. The molecule has 2 unspecified atom stereocenters. The molecule has 0 radical (unpaired) electrons. The van der Waals surface area contributed by atoms with Crippen molar-refractivity contribution in [2.24, 2.45) is 11.8 Å². The Morgan fingerprint density at radius 1 is 1.14 bits per heavy atom. The van der Waals surface area contributed by atoms with Crippen molar-refractivity contribution in [3.05, 3.63) is 29.7 Å². The van der Waals surface area contributed by atoms with Crippen LogP contribution in [0.4, 0.5) is 11.6 Å². The Bertz CT molecular complexity index is 1210. The van der Waals surface area contributed by atoms with Crippen LogP contribution in [-0.4, -0.2) is 71.2 Å². The van der Waals surface area contributed by atoms with Crippen molar-refractivity contribution in [3.63, 3.8) is 0 Å². The number of halogens is 1. The highest BCUT2D eigenvalue weighted by Crippen LogP contribution is 2.30. The molecule has 4 heterocycles. The molecule has 12 heteroatoms. The van der Waals surface area contributed by atoms with E-state index in [0.29, 0.717) is 53.2 Å². The molecular formula is C25H35ClN6O4S. The van der Waals surface area contributed by atoms with Gasteiger partial charge in [0.15, 0.2) is 0 Å². The SMILES string of the molecule is CC(Nc1cncc(-c2cc(NC(=O)C3CCCN(S(=O)(=O)C(C)C)C3)ncc2Cl)n1)C1CCOCC1. The molecule has 2 aliphatic rings. The lowest BCUT2D eigenvalue weighted by molar-refractivity contribution is -0.120. The number of anilines is 2. The Hall–Kier alpha value is -2.34. The molecule has 2 aliphatic heterocycles. The number of ether oxygens (including phenoxy) is 1. The third-order valence-electron chi connectivity index (χ3n) is 7.08. The summed E-state index contributed by atoms with van der Waals surface area (Å²) in [4.78, 5) is 26.3. The van der Waals surface area contributed by atoms with E-state index in [2.05, 4.69) is 27.5 Å². The molecule has 10 nitrogen and oxygen atoms in total. The molecule has 4 rings (SSSR count). The number of sulfonamides is 1. The maximum absolute atomic E-state index is 13.0. The largest absolute Gasteiger partial charge is 0.381 e. The molecule has 0 aromatic carbocycles. The Morgan fingerprint density at radius 2 is 1.89 bits per heavy atom. The number of pyridine rings is 1. The summed E-state index contributed by atoms with van der Waals surface area (Å²) in [6.07, 6.45) is 8.01. The Kier molecular flexibility index (Phi) is 8.99. The molecule has 0 spiro atoms. The van der Waals surface area contributed by atoms with Crippen molar-refractivity contribution in [2.45, 2.75) is 57.7 Å². The molecule has 202 valence electrons.